The molecular weight excluding hydrogens is 436 g/mol. The molecule has 8 nitrogen and oxygen atoms in total. The molecule has 166 valence electrons. The Bertz CT molecular complexity index is 1190. The van der Waals surface area contributed by atoms with E-state index in [9.17, 15) is 14.9 Å². The number of fused-ring (bicyclic) bond motifs is 1. The van der Waals surface area contributed by atoms with Gasteiger partial charge in [0.15, 0.2) is 24.2 Å². The minimum Gasteiger partial charge on any atom is -0.486 e. The number of halogens is 1. The van der Waals surface area contributed by atoms with E-state index in [0.717, 1.165) is 17.1 Å². The van der Waals surface area contributed by atoms with E-state index in [1.165, 1.54) is 18.2 Å². The van der Waals surface area contributed by atoms with Gasteiger partial charge in [-0.2, -0.15) is 0 Å². The molecule has 1 aliphatic heterocycles. The molecule has 32 heavy (non-hydrogen) atoms. The minimum absolute atomic E-state index is 0.0761. The molecule has 0 fully saturated rings. The van der Waals surface area contributed by atoms with Crippen LogP contribution in [0.4, 0.5) is 5.69 Å². The lowest BCUT2D eigenvalue weighted by Crippen LogP contribution is -2.33. The molecule has 0 bridgehead atoms. The molecule has 9 heteroatoms. The van der Waals surface area contributed by atoms with Crippen LogP contribution in [0.3, 0.4) is 0 Å². The Hall–Kier alpha value is -3.52. The molecule has 3 aromatic rings. The lowest BCUT2D eigenvalue weighted by atomic mass is 10.1. The number of Topliss-reactive ketones (excluding diaryl/α,β-unsaturated/α-hetero) is 1. The Labute approximate surface area is 189 Å². The van der Waals surface area contributed by atoms with Gasteiger partial charge in [0.1, 0.15) is 12.4 Å². The van der Waals surface area contributed by atoms with Crippen LogP contribution in [-0.2, 0) is 6.54 Å². The maximum Gasteiger partial charge on any atom is 0.271 e. The number of carbonyl (C=O) groups is 1. The summed E-state index contributed by atoms with van der Waals surface area (Å²) in [5.74, 6) is 1.43. The predicted octanol–water partition coefficient (Wildman–Crippen LogP) is 4.77. The van der Waals surface area contributed by atoms with Crippen molar-refractivity contribution in [3.8, 4) is 17.2 Å². The van der Waals surface area contributed by atoms with Crippen LogP contribution in [0, 0.1) is 24.0 Å². The number of aromatic nitrogens is 1. The zero-order chi connectivity index (χ0) is 22.8. The maximum atomic E-state index is 12.8. The van der Waals surface area contributed by atoms with E-state index in [2.05, 4.69) is 0 Å². The van der Waals surface area contributed by atoms with Gasteiger partial charge in [0.05, 0.1) is 16.5 Å². The molecule has 0 saturated heterocycles. The average Bonchev–Trinajstić information content (AvgIpc) is 3.06. The van der Waals surface area contributed by atoms with Crippen molar-refractivity contribution < 1.29 is 23.9 Å². The second-order valence-corrected chi connectivity index (χ2v) is 7.88. The zero-order valence-corrected chi connectivity index (χ0v) is 18.3. The average molecular weight is 457 g/mol. The fourth-order valence-electron chi connectivity index (χ4n) is 3.66. The van der Waals surface area contributed by atoms with Gasteiger partial charge in [0.2, 0.25) is 5.78 Å². The smallest absolute Gasteiger partial charge is 0.271 e. The Morgan fingerprint density at radius 2 is 1.97 bits per heavy atom. The van der Waals surface area contributed by atoms with Gasteiger partial charge in [0.25, 0.3) is 5.69 Å². The first kappa shape index (κ1) is 21.7. The summed E-state index contributed by atoms with van der Waals surface area (Å²) < 4.78 is 19.4. The molecule has 2 heterocycles. The van der Waals surface area contributed by atoms with Crippen LogP contribution in [0.15, 0.2) is 48.5 Å². The quantitative estimate of drug-likeness (QED) is 0.289. The highest BCUT2D eigenvalue weighted by Gasteiger charge is 2.24. The first-order chi connectivity index (χ1) is 15.3. The molecule has 0 amide bonds. The van der Waals surface area contributed by atoms with Crippen molar-refractivity contribution in [2.75, 3.05) is 13.2 Å². The number of nitrogens with zero attached hydrogens (tertiary/aromatic N) is 2. The molecule has 1 aromatic heterocycles. The Morgan fingerprint density at radius 1 is 1.22 bits per heavy atom. The van der Waals surface area contributed by atoms with E-state index in [-0.39, 0.29) is 35.0 Å². The highest BCUT2D eigenvalue weighted by molar-refractivity contribution is 6.32. The van der Waals surface area contributed by atoms with Crippen LogP contribution < -0.4 is 14.2 Å². The highest BCUT2D eigenvalue weighted by Crippen LogP contribution is 2.32. The maximum absolute atomic E-state index is 12.8. The summed E-state index contributed by atoms with van der Waals surface area (Å²) in [4.78, 5) is 23.1. The van der Waals surface area contributed by atoms with Crippen molar-refractivity contribution in [3.63, 3.8) is 0 Å². The summed E-state index contributed by atoms with van der Waals surface area (Å²) in [6, 6.07) is 13.2. The Balaban J connectivity index is 1.43. The minimum atomic E-state index is -0.546. The predicted molar refractivity (Wildman–Crippen MR) is 118 cm³/mol. The fraction of sp³-hybridized carbons (Fsp3) is 0.261. The molecule has 1 unspecified atom stereocenters. The number of rotatable bonds is 7. The molecular formula is C23H21ClN2O6. The van der Waals surface area contributed by atoms with Crippen LogP contribution in [0.25, 0.3) is 0 Å². The zero-order valence-electron chi connectivity index (χ0n) is 17.5. The molecule has 0 spiro atoms. The number of nitro groups is 1. The summed E-state index contributed by atoms with van der Waals surface area (Å²) in [5.41, 5.74) is 2.11. The third kappa shape index (κ3) is 4.40. The van der Waals surface area contributed by atoms with Gasteiger partial charge >= 0.3 is 0 Å². The number of carbonyl (C=O) groups excluding carboxylic acids is 1. The molecule has 0 saturated carbocycles. The second-order valence-electron chi connectivity index (χ2n) is 7.48. The standard InChI is InChI=1S/C23H21ClN2O6/c1-14-9-18(20(27)13-31-21-8-7-16(26(28)29)10-19(21)24)15(2)25(14)11-17-12-30-22-5-3-4-6-23(22)32-17/h3-10,17H,11-13H2,1-2H3. The van der Waals surface area contributed by atoms with E-state index in [0.29, 0.717) is 24.5 Å². The van der Waals surface area contributed by atoms with E-state index in [4.69, 9.17) is 25.8 Å². The molecule has 2 aromatic carbocycles. The van der Waals surface area contributed by atoms with Crippen LogP contribution in [0.2, 0.25) is 5.02 Å². The lowest BCUT2D eigenvalue weighted by molar-refractivity contribution is -0.384. The number of non-ortho nitro benzene ring substituents is 1. The first-order valence-corrected chi connectivity index (χ1v) is 10.4. The second kappa shape index (κ2) is 8.92. The van der Waals surface area contributed by atoms with E-state index in [1.807, 2.05) is 48.7 Å². The van der Waals surface area contributed by atoms with Gasteiger partial charge in [-0.05, 0) is 38.1 Å². The normalized spacial score (nSPS) is 14.8. The molecule has 0 radical (unpaired) electrons. The topological polar surface area (TPSA) is 92.8 Å². The largest absolute Gasteiger partial charge is 0.486 e. The molecule has 0 N–H and O–H groups in total. The van der Waals surface area contributed by atoms with Crippen LogP contribution in [0.1, 0.15) is 21.7 Å². The van der Waals surface area contributed by atoms with Gasteiger partial charge in [0, 0.05) is 29.1 Å². The summed E-state index contributed by atoms with van der Waals surface area (Å²) in [6.45, 7) is 4.51. The Kier molecular flexibility index (Phi) is 6.05. The van der Waals surface area contributed by atoms with Crippen molar-refractivity contribution in [1.82, 2.24) is 4.57 Å². The van der Waals surface area contributed by atoms with Gasteiger partial charge < -0.3 is 18.8 Å². The number of para-hydroxylation sites is 2. The molecule has 1 aliphatic rings. The molecule has 1 atom stereocenters. The number of aryl methyl sites for hydroxylation is 1. The number of hydrogen-bond acceptors (Lipinski definition) is 6. The Morgan fingerprint density at radius 3 is 2.69 bits per heavy atom. The van der Waals surface area contributed by atoms with Crippen LogP contribution in [-0.4, -0.2) is 34.6 Å². The molecule has 0 aliphatic carbocycles. The van der Waals surface area contributed by atoms with E-state index in [1.54, 1.807) is 0 Å². The van der Waals surface area contributed by atoms with Crippen LogP contribution in [0.5, 0.6) is 17.2 Å². The first-order valence-electron chi connectivity index (χ1n) is 9.98. The van der Waals surface area contributed by atoms with Crippen molar-refractivity contribution in [2.45, 2.75) is 26.5 Å². The van der Waals surface area contributed by atoms with Crippen molar-refractivity contribution >= 4 is 23.1 Å². The number of ketones is 1. The summed E-state index contributed by atoms with van der Waals surface area (Å²) in [5, 5.41) is 10.9. The third-order valence-corrected chi connectivity index (χ3v) is 5.61. The van der Waals surface area contributed by atoms with E-state index >= 15 is 0 Å². The van der Waals surface area contributed by atoms with Crippen LogP contribution >= 0.6 is 11.6 Å². The van der Waals surface area contributed by atoms with Gasteiger partial charge in [-0.3, -0.25) is 14.9 Å². The van der Waals surface area contributed by atoms with E-state index < -0.39 is 4.92 Å². The third-order valence-electron chi connectivity index (χ3n) is 5.31. The molecule has 4 rings (SSSR count). The summed E-state index contributed by atoms with van der Waals surface area (Å²) in [7, 11) is 0. The summed E-state index contributed by atoms with van der Waals surface area (Å²) >= 11 is 6.04. The number of hydrogen-bond donors (Lipinski definition) is 0. The highest BCUT2D eigenvalue weighted by atomic mass is 35.5. The SMILES string of the molecule is Cc1cc(C(=O)COc2ccc([N+](=O)[O-])cc2Cl)c(C)n1CC1COc2ccccc2O1. The lowest BCUT2D eigenvalue weighted by Gasteiger charge is -2.27. The van der Waals surface area contributed by atoms with Crippen molar-refractivity contribution in [2.24, 2.45) is 0 Å². The van der Waals surface area contributed by atoms with Gasteiger partial charge in [-0.15, -0.1) is 0 Å². The summed E-state index contributed by atoms with van der Waals surface area (Å²) in [6.07, 6.45) is -0.187. The van der Waals surface area contributed by atoms with Crippen molar-refractivity contribution in [1.29, 1.82) is 0 Å². The number of ether oxygens (including phenoxy) is 3. The number of nitro benzene ring substituents is 1. The number of benzene rings is 2. The van der Waals surface area contributed by atoms with Crippen molar-refractivity contribution in [3.05, 3.63) is 80.6 Å². The monoisotopic (exact) mass is 456 g/mol. The fourth-order valence-corrected chi connectivity index (χ4v) is 3.89. The van der Waals surface area contributed by atoms with Gasteiger partial charge in [-0.1, -0.05) is 23.7 Å². The van der Waals surface area contributed by atoms with Gasteiger partial charge in [-0.25, -0.2) is 0 Å².